The Morgan fingerprint density at radius 2 is 1.94 bits per heavy atom. The second-order valence-electron chi connectivity index (χ2n) is 7.89. The lowest BCUT2D eigenvalue weighted by Crippen LogP contribution is -2.46. The molecule has 3 aromatic rings. The lowest BCUT2D eigenvalue weighted by atomic mass is 9.91. The monoisotopic (exact) mass is 474 g/mol. The number of benzene rings is 1. The Labute approximate surface area is 194 Å². The van der Waals surface area contributed by atoms with Crippen molar-refractivity contribution in [3.8, 4) is 11.1 Å². The van der Waals surface area contributed by atoms with E-state index in [4.69, 9.17) is 11.6 Å². The van der Waals surface area contributed by atoms with Crippen LogP contribution in [0.15, 0.2) is 61.1 Å². The predicted molar refractivity (Wildman–Crippen MR) is 120 cm³/mol. The summed E-state index contributed by atoms with van der Waals surface area (Å²) in [4.78, 5) is 21.1. The molecule has 3 heterocycles. The number of aromatic nitrogens is 2. The van der Waals surface area contributed by atoms with Crippen LogP contribution in [0, 0.1) is 0 Å². The number of alkyl halides is 3. The molecule has 4 rings (SSSR count). The van der Waals surface area contributed by atoms with Crippen LogP contribution in [-0.4, -0.2) is 28.5 Å². The molecular formula is C24H22ClF3N4O. The van der Waals surface area contributed by atoms with Crippen molar-refractivity contribution in [3.63, 3.8) is 0 Å². The molecule has 5 nitrogen and oxygen atoms in total. The summed E-state index contributed by atoms with van der Waals surface area (Å²) in [7, 11) is 0. The van der Waals surface area contributed by atoms with Crippen LogP contribution in [0.3, 0.4) is 0 Å². The Morgan fingerprint density at radius 1 is 1.12 bits per heavy atom. The van der Waals surface area contributed by atoms with E-state index in [2.05, 4.69) is 20.6 Å². The smallest absolute Gasteiger partial charge is 0.342 e. The number of nitrogens with one attached hydrogen (secondary N) is 2. The van der Waals surface area contributed by atoms with Crippen molar-refractivity contribution in [1.29, 1.82) is 0 Å². The maximum Gasteiger partial charge on any atom is 0.417 e. The highest BCUT2D eigenvalue weighted by Crippen LogP contribution is 2.36. The fourth-order valence-corrected chi connectivity index (χ4v) is 4.36. The van der Waals surface area contributed by atoms with E-state index >= 15 is 0 Å². The summed E-state index contributed by atoms with van der Waals surface area (Å²) < 4.78 is 39.8. The lowest BCUT2D eigenvalue weighted by Gasteiger charge is -2.32. The number of carbonyl (C=O) groups excluding carboxylic acids is 1. The van der Waals surface area contributed by atoms with Crippen LogP contribution in [0.1, 0.15) is 46.9 Å². The quantitative estimate of drug-likeness (QED) is 0.517. The molecule has 1 amide bonds. The van der Waals surface area contributed by atoms with Gasteiger partial charge >= 0.3 is 6.18 Å². The molecule has 2 aromatic heterocycles. The van der Waals surface area contributed by atoms with Crippen molar-refractivity contribution in [1.82, 2.24) is 20.6 Å². The van der Waals surface area contributed by atoms with E-state index in [0.717, 1.165) is 54.8 Å². The van der Waals surface area contributed by atoms with E-state index in [9.17, 15) is 18.0 Å². The molecule has 1 saturated heterocycles. The van der Waals surface area contributed by atoms with Crippen molar-refractivity contribution >= 4 is 17.5 Å². The van der Waals surface area contributed by atoms with Gasteiger partial charge in [-0.1, -0.05) is 42.3 Å². The molecule has 0 saturated carbocycles. The van der Waals surface area contributed by atoms with Crippen molar-refractivity contribution in [2.24, 2.45) is 0 Å². The first-order valence-corrected chi connectivity index (χ1v) is 11.0. The molecule has 1 aliphatic heterocycles. The van der Waals surface area contributed by atoms with Gasteiger partial charge in [-0.15, -0.1) is 0 Å². The van der Waals surface area contributed by atoms with E-state index in [0.29, 0.717) is 0 Å². The first-order chi connectivity index (χ1) is 15.8. The number of piperidine rings is 1. The number of carbonyl (C=O) groups is 1. The minimum Gasteiger partial charge on any atom is -0.342 e. The minimum atomic E-state index is -4.68. The molecule has 0 bridgehead atoms. The van der Waals surface area contributed by atoms with Gasteiger partial charge in [0.05, 0.1) is 16.6 Å². The van der Waals surface area contributed by atoms with Crippen LogP contribution in [0.4, 0.5) is 13.2 Å². The van der Waals surface area contributed by atoms with Gasteiger partial charge in [0.1, 0.15) is 5.69 Å². The number of amides is 1. The highest BCUT2D eigenvalue weighted by atomic mass is 35.5. The average Bonchev–Trinajstić information content (AvgIpc) is 2.83. The summed E-state index contributed by atoms with van der Waals surface area (Å²) in [5.74, 6) is -0.754. The third kappa shape index (κ3) is 5.34. The van der Waals surface area contributed by atoms with E-state index in [1.165, 1.54) is 0 Å². The summed E-state index contributed by atoms with van der Waals surface area (Å²) >= 11 is 5.94. The summed E-state index contributed by atoms with van der Waals surface area (Å²) in [5, 5.41) is 5.60. The van der Waals surface area contributed by atoms with Gasteiger partial charge in [0.2, 0.25) is 0 Å². The van der Waals surface area contributed by atoms with E-state index in [-0.39, 0.29) is 6.04 Å². The number of pyridine rings is 2. The fraction of sp³-hybridized carbons (Fsp3) is 0.292. The second-order valence-corrected chi connectivity index (χ2v) is 8.27. The zero-order valence-electron chi connectivity index (χ0n) is 17.6. The fourth-order valence-electron chi connectivity index (χ4n) is 4.06. The van der Waals surface area contributed by atoms with Gasteiger partial charge in [-0.05, 0) is 54.3 Å². The van der Waals surface area contributed by atoms with Crippen LogP contribution in [0.2, 0.25) is 5.02 Å². The van der Waals surface area contributed by atoms with E-state index < -0.39 is 34.4 Å². The largest absolute Gasteiger partial charge is 0.417 e. The van der Waals surface area contributed by atoms with Crippen molar-refractivity contribution in [2.45, 2.75) is 37.5 Å². The highest BCUT2D eigenvalue weighted by Gasteiger charge is 2.36. The Morgan fingerprint density at radius 3 is 2.64 bits per heavy atom. The standard InChI is InChI=1S/C24H22ClF3N4O/c25-20-18(24(26,27)28)9-12-31-22(20)23(33)32-21(19-8-1-2-11-30-19)16-6-3-5-15(13-16)17-7-4-10-29-14-17/h3-7,9-10,12-14,19,21,30H,1-2,8,11H2,(H,32,33)/t19-,21-/m0/s1. The first-order valence-electron chi connectivity index (χ1n) is 10.6. The molecule has 0 unspecified atom stereocenters. The van der Waals surface area contributed by atoms with Crippen LogP contribution in [-0.2, 0) is 6.18 Å². The van der Waals surface area contributed by atoms with Gasteiger partial charge in [-0.3, -0.25) is 9.78 Å². The lowest BCUT2D eigenvalue weighted by molar-refractivity contribution is -0.137. The van der Waals surface area contributed by atoms with Gasteiger partial charge in [-0.2, -0.15) is 13.2 Å². The maximum atomic E-state index is 13.3. The number of hydrogen-bond donors (Lipinski definition) is 2. The molecule has 33 heavy (non-hydrogen) atoms. The minimum absolute atomic E-state index is 0.0866. The summed E-state index contributed by atoms with van der Waals surface area (Å²) in [6.45, 7) is 0.794. The molecule has 1 aromatic carbocycles. The molecule has 0 aliphatic carbocycles. The topological polar surface area (TPSA) is 66.9 Å². The molecule has 2 N–H and O–H groups in total. The average molecular weight is 475 g/mol. The normalized spacial score (nSPS) is 17.4. The van der Waals surface area contributed by atoms with Gasteiger partial charge < -0.3 is 10.6 Å². The number of halogens is 4. The van der Waals surface area contributed by atoms with Crippen LogP contribution in [0.5, 0.6) is 0 Å². The van der Waals surface area contributed by atoms with E-state index in [1.807, 2.05) is 36.4 Å². The van der Waals surface area contributed by atoms with Gasteiger partial charge in [0.25, 0.3) is 5.91 Å². The summed E-state index contributed by atoms with van der Waals surface area (Å²) in [5.41, 5.74) is 1.13. The molecule has 0 radical (unpaired) electrons. The molecule has 1 fully saturated rings. The third-order valence-electron chi connectivity index (χ3n) is 5.69. The SMILES string of the molecule is O=C(N[C@@H](c1cccc(-c2cccnc2)c1)[C@@H]1CCCCN1)c1nccc(C(F)(F)F)c1Cl. The summed E-state index contributed by atoms with van der Waals surface area (Å²) in [6.07, 6.45) is 2.51. The molecule has 172 valence electrons. The highest BCUT2D eigenvalue weighted by molar-refractivity contribution is 6.34. The summed E-state index contributed by atoms with van der Waals surface area (Å²) in [6, 6.07) is 11.6. The maximum absolute atomic E-state index is 13.3. The van der Waals surface area contributed by atoms with Gasteiger partial charge in [0.15, 0.2) is 0 Å². The number of hydrogen-bond acceptors (Lipinski definition) is 4. The van der Waals surface area contributed by atoms with Gasteiger partial charge in [0, 0.05) is 24.6 Å². The predicted octanol–water partition coefficient (Wildman–Crippen LogP) is 5.43. The first kappa shape index (κ1) is 23.2. The van der Waals surface area contributed by atoms with E-state index in [1.54, 1.807) is 12.4 Å². The van der Waals surface area contributed by atoms with Crippen molar-refractivity contribution in [2.75, 3.05) is 6.54 Å². The Balaban J connectivity index is 1.68. The Hall–Kier alpha value is -2.97. The van der Waals surface area contributed by atoms with Crippen LogP contribution < -0.4 is 10.6 Å². The number of nitrogens with zero attached hydrogens (tertiary/aromatic N) is 2. The van der Waals surface area contributed by atoms with Crippen LogP contribution >= 0.6 is 11.6 Å². The molecule has 1 aliphatic rings. The zero-order chi connectivity index (χ0) is 23.4. The molecular weight excluding hydrogens is 453 g/mol. The zero-order valence-corrected chi connectivity index (χ0v) is 18.3. The second kappa shape index (κ2) is 9.89. The molecule has 2 atom stereocenters. The third-order valence-corrected chi connectivity index (χ3v) is 6.07. The van der Waals surface area contributed by atoms with Crippen molar-refractivity contribution < 1.29 is 18.0 Å². The number of rotatable bonds is 5. The van der Waals surface area contributed by atoms with Gasteiger partial charge in [-0.25, -0.2) is 4.98 Å². The Kier molecular flexibility index (Phi) is 6.95. The molecule has 9 heteroatoms. The molecule has 0 spiro atoms. The Bertz CT molecular complexity index is 1120. The van der Waals surface area contributed by atoms with Crippen molar-refractivity contribution in [3.05, 3.63) is 82.9 Å². The van der Waals surface area contributed by atoms with Crippen LogP contribution in [0.25, 0.3) is 11.1 Å².